The number of carboxylic acid groups (broad SMARTS) is 1. The number of aliphatic imine (C=N–C) groups is 1. The molecular formula is C9H7NO2S. The van der Waals surface area contributed by atoms with Gasteiger partial charge in [0.15, 0.2) is 0 Å². The Labute approximate surface area is 79.6 Å². The number of fused-ring (bicyclic) bond motifs is 1. The normalized spacial score (nSPS) is 19.8. The van der Waals surface area contributed by atoms with Crippen molar-refractivity contribution in [3.63, 3.8) is 0 Å². The highest BCUT2D eigenvalue weighted by Crippen LogP contribution is 2.32. The van der Waals surface area contributed by atoms with Gasteiger partial charge in [0, 0.05) is 18.8 Å². The van der Waals surface area contributed by atoms with E-state index in [2.05, 4.69) is 4.99 Å². The first-order valence-electron chi connectivity index (χ1n) is 3.80. The maximum absolute atomic E-state index is 10.6. The van der Waals surface area contributed by atoms with E-state index in [4.69, 9.17) is 5.11 Å². The number of carbonyl (C=O) groups is 1. The zero-order valence-corrected chi connectivity index (χ0v) is 7.54. The van der Waals surface area contributed by atoms with Crippen molar-refractivity contribution in [3.8, 4) is 0 Å². The molecule has 0 atom stereocenters. The van der Waals surface area contributed by atoms with Gasteiger partial charge in [0.25, 0.3) is 0 Å². The molecule has 0 amide bonds. The van der Waals surface area contributed by atoms with Gasteiger partial charge in [0.05, 0.1) is 4.91 Å². The number of aliphatic carboxylic acids is 1. The van der Waals surface area contributed by atoms with E-state index in [1.165, 1.54) is 11.8 Å². The molecule has 0 fully saturated rings. The summed E-state index contributed by atoms with van der Waals surface area (Å²) < 4.78 is 0. The topological polar surface area (TPSA) is 49.7 Å². The molecule has 0 aromatic carbocycles. The molecule has 2 heterocycles. The minimum absolute atomic E-state index is 0.354. The molecule has 0 radical (unpaired) electrons. The maximum Gasteiger partial charge on any atom is 0.342 e. The third kappa shape index (κ3) is 1.58. The van der Waals surface area contributed by atoms with Gasteiger partial charge in [-0.3, -0.25) is 4.99 Å². The minimum Gasteiger partial charge on any atom is -0.477 e. The van der Waals surface area contributed by atoms with Crippen LogP contribution in [0.15, 0.2) is 38.7 Å². The van der Waals surface area contributed by atoms with Crippen molar-refractivity contribution in [1.82, 2.24) is 0 Å². The van der Waals surface area contributed by atoms with Crippen LogP contribution in [-0.4, -0.2) is 17.3 Å². The molecule has 3 nitrogen and oxygen atoms in total. The van der Waals surface area contributed by atoms with Gasteiger partial charge in [-0.25, -0.2) is 4.79 Å². The lowest BCUT2D eigenvalue weighted by molar-refractivity contribution is -0.131. The Balaban J connectivity index is 2.34. The number of hydrogen-bond donors (Lipinski definition) is 1. The van der Waals surface area contributed by atoms with E-state index in [9.17, 15) is 4.79 Å². The van der Waals surface area contributed by atoms with Crippen LogP contribution in [0.1, 0.15) is 6.42 Å². The van der Waals surface area contributed by atoms with E-state index >= 15 is 0 Å². The molecule has 0 aromatic rings. The number of hydrogen-bond acceptors (Lipinski definition) is 3. The molecule has 0 unspecified atom stereocenters. The third-order valence-electron chi connectivity index (χ3n) is 1.83. The van der Waals surface area contributed by atoms with Gasteiger partial charge >= 0.3 is 5.97 Å². The summed E-state index contributed by atoms with van der Waals surface area (Å²) >= 11 is 1.25. The Morgan fingerprint density at radius 1 is 1.62 bits per heavy atom. The molecule has 0 bridgehead atoms. The largest absolute Gasteiger partial charge is 0.477 e. The van der Waals surface area contributed by atoms with Gasteiger partial charge in [-0.15, -0.1) is 0 Å². The van der Waals surface area contributed by atoms with Crippen LogP contribution in [0.25, 0.3) is 0 Å². The van der Waals surface area contributed by atoms with Gasteiger partial charge in [0.2, 0.25) is 0 Å². The standard InChI is InChI=1S/C9H7NO2S/c11-9(12)8-3-7-4-10-2-1-6(7)5-13-8/h2-5H,1H2,(H,11,12). The zero-order chi connectivity index (χ0) is 9.26. The summed E-state index contributed by atoms with van der Waals surface area (Å²) in [5.74, 6) is -0.879. The molecule has 2 aliphatic rings. The molecule has 2 rings (SSSR count). The molecule has 0 saturated carbocycles. The first kappa shape index (κ1) is 8.31. The van der Waals surface area contributed by atoms with Gasteiger partial charge in [-0.05, 0) is 22.6 Å². The van der Waals surface area contributed by atoms with E-state index in [1.54, 1.807) is 12.3 Å². The Morgan fingerprint density at radius 2 is 2.46 bits per heavy atom. The van der Waals surface area contributed by atoms with Crippen LogP contribution in [-0.2, 0) is 4.79 Å². The second-order valence-corrected chi connectivity index (χ2v) is 3.61. The average molecular weight is 193 g/mol. The van der Waals surface area contributed by atoms with Crippen LogP contribution in [0, 0.1) is 0 Å². The number of thioether (sulfide) groups is 1. The summed E-state index contributed by atoms with van der Waals surface area (Å²) in [4.78, 5) is 15.0. The van der Waals surface area contributed by atoms with Gasteiger partial charge in [-0.1, -0.05) is 11.8 Å². The monoisotopic (exact) mass is 193 g/mol. The molecule has 0 saturated heterocycles. The number of nitrogens with zero attached hydrogens (tertiary/aromatic N) is 1. The van der Waals surface area contributed by atoms with Crippen LogP contribution in [0.2, 0.25) is 0 Å². The smallest absolute Gasteiger partial charge is 0.342 e. The van der Waals surface area contributed by atoms with Gasteiger partial charge in [0.1, 0.15) is 0 Å². The van der Waals surface area contributed by atoms with Crippen molar-refractivity contribution in [2.24, 2.45) is 4.99 Å². The minimum atomic E-state index is -0.879. The first-order chi connectivity index (χ1) is 6.27. The highest BCUT2D eigenvalue weighted by Gasteiger charge is 2.16. The number of carboxylic acids is 1. The molecule has 0 spiro atoms. The second-order valence-electron chi connectivity index (χ2n) is 2.69. The van der Waals surface area contributed by atoms with Crippen LogP contribution in [0.4, 0.5) is 0 Å². The van der Waals surface area contributed by atoms with Crippen LogP contribution in [0.5, 0.6) is 0 Å². The molecule has 13 heavy (non-hydrogen) atoms. The summed E-state index contributed by atoms with van der Waals surface area (Å²) in [7, 11) is 0. The van der Waals surface area contributed by atoms with E-state index in [1.807, 2.05) is 11.6 Å². The second kappa shape index (κ2) is 3.22. The summed E-state index contributed by atoms with van der Waals surface area (Å²) in [6.07, 6.45) is 5.97. The van der Waals surface area contributed by atoms with Gasteiger partial charge < -0.3 is 5.11 Å². The highest BCUT2D eigenvalue weighted by atomic mass is 32.2. The fraction of sp³-hybridized carbons (Fsp3) is 0.111. The highest BCUT2D eigenvalue weighted by molar-refractivity contribution is 8.06. The number of allylic oxidation sites excluding steroid dienone is 3. The maximum atomic E-state index is 10.6. The van der Waals surface area contributed by atoms with Crippen LogP contribution in [0.3, 0.4) is 0 Å². The zero-order valence-electron chi connectivity index (χ0n) is 6.73. The van der Waals surface area contributed by atoms with E-state index in [0.29, 0.717) is 4.91 Å². The summed E-state index contributed by atoms with van der Waals surface area (Å²) in [5.41, 5.74) is 2.06. The summed E-state index contributed by atoms with van der Waals surface area (Å²) in [6.45, 7) is 0. The van der Waals surface area contributed by atoms with Gasteiger partial charge in [-0.2, -0.15) is 0 Å². The van der Waals surface area contributed by atoms with Crippen molar-refractivity contribution >= 4 is 23.9 Å². The van der Waals surface area contributed by atoms with Crippen molar-refractivity contribution in [2.75, 3.05) is 0 Å². The van der Waals surface area contributed by atoms with Crippen LogP contribution >= 0.6 is 11.8 Å². The quantitative estimate of drug-likeness (QED) is 0.692. The molecule has 4 heteroatoms. The lowest BCUT2D eigenvalue weighted by Crippen LogP contribution is -2.03. The third-order valence-corrected chi connectivity index (χ3v) is 2.78. The Hall–Kier alpha value is -1.29. The number of rotatable bonds is 1. The van der Waals surface area contributed by atoms with Crippen LogP contribution < -0.4 is 0 Å². The van der Waals surface area contributed by atoms with E-state index in [-0.39, 0.29) is 0 Å². The van der Waals surface area contributed by atoms with E-state index in [0.717, 1.165) is 17.6 Å². The Morgan fingerprint density at radius 3 is 3.23 bits per heavy atom. The fourth-order valence-corrected chi connectivity index (χ4v) is 1.95. The predicted octanol–water partition coefficient (Wildman–Crippen LogP) is 1.94. The molecular weight excluding hydrogens is 186 g/mol. The SMILES string of the molecule is O=C(O)C1=CC2=CN=CCC2=CS1. The fourth-order valence-electron chi connectivity index (χ4n) is 1.15. The van der Waals surface area contributed by atoms with Crippen molar-refractivity contribution < 1.29 is 9.90 Å². The Kier molecular flexibility index (Phi) is 2.06. The average Bonchev–Trinajstić information content (AvgIpc) is 2.17. The molecule has 0 aromatic heterocycles. The van der Waals surface area contributed by atoms with Crippen molar-refractivity contribution in [1.29, 1.82) is 0 Å². The lowest BCUT2D eigenvalue weighted by atomic mass is 10.0. The van der Waals surface area contributed by atoms with E-state index < -0.39 is 5.97 Å². The molecule has 66 valence electrons. The summed E-state index contributed by atoms with van der Waals surface area (Å²) in [6, 6.07) is 0. The first-order valence-corrected chi connectivity index (χ1v) is 4.68. The Bertz CT molecular complexity index is 377. The predicted molar refractivity (Wildman–Crippen MR) is 52.6 cm³/mol. The summed E-state index contributed by atoms with van der Waals surface area (Å²) in [5, 5.41) is 10.6. The van der Waals surface area contributed by atoms with Crippen molar-refractivity contribution in [3.05, 3.63) is 33.7 Å². The van der Waals surface area contributed by atoms with Crippen molar-refractivity contribution in [2.45, 2.75) is 6.42 Å². The lowest BCUT2D eigenvalue weighted by Gasteiger charge is -2.14. The molecule has 1 N–H and O–H groups in total. The molecule has 0 aliphatic carbocycles. The molecule has 2 aliphatic heterocycles.